The second kappa shape index (κ2) is 5.52. The molecule has 0 aliphatic heterocycles. The lowest BCUT2D eigenvalue weighted by Gasteiger charge is -2.19. The summed E-state index contributed by atoms with van der Waals surface area (Å²) >= 11 is 0. The lowest BCUT2D eigenvalue weighted by atomic mass is 10.1. The van der Waals surface area contributed by atoms with Crippen LogP contribution in [0, 0.1) is 0 Å². The van der Waals surface area contributed by atoms with Gasteiger partial charge in [-0.2, -0.15) is 0 Å². The quantitative estimate of drug-likeness (QED) is 0.247. The maximum Gasteiger partial charge on any atom is 0.469 e. The average Bonchev–Trinajstić information content (AvgIpc) is 2.11. The van der Waals surface area contributed by atoms with Gasteiger partial charge in [0.25, 0.3) is 0 Å². The molecule has 14 heavy (non-hydrogen) atoms. The molecule has 5 N–H and O–H groups in total. The SMILES string of the molecule is [3H][C@](O)(C=O)[C@H](O)[C@H](O)COP(=O)(O)O. The maximum atomic E-state index is 10.2. The number of carbonyl (C=O) groups is 1. The number of hydrogen-bond donors (Lipinski definition) is 5. The van der Waals surface area contributed by atoms with Crippen molar-refractivity contribution in [3.8, 4) is 0 Å². The Kier molecular flexibility index (Phi) is 4.63. The highest BCUT2D eigenvalue weighted by Crippen LogP contribution is 2.35. The zero-order valence-corrected chi connectivity index (χ0v) is 7.74. The Morgan fingerprint density at radius 3 is 2.29 bits per heavy atom. The molecule has 0 aromatic heterocycles. The fraction of sp³-hybridized carbons (Fsp3) is 0.800. The number of rotatable bonds is 6. The molecule has 0 aromatic carbocycles. The van der Waals surface area contributed by atoms with E-state index in [1.807, 2.05) is 0 Å². The standard InChI is InChI=1S/C5H11O8P/c6-1-3(7)5(9)4(8)2-13-14(10,11)12/h1,3-5,7-9H,2H2,(H2,10,11,12)/t3-,4+,5-/m0/s1/i3T. The molecule has 0 amide bonds. The van der Waals surface area contributed by atoms with Gasteiger partial charge in [0.05, 0.1) is 7.98 Å². The molecular formula is C5H11O8P. The molecule has 0 unspecified atom stereocenters. The van der Waals surface area contributed by atoms with Gasteiger partial charge in [0.2, 0.25) is 0 Å². The molecule has 0 aromatic rings. The third kappa shape index (κ3) is 5.40. The first-order chi connectivity index (χ1) is 6.60. The normalized spacial score (nSPS) is 21.9. The third-order valence-corrected chi connectivity index (χ3v) is 1.69. The van der Waals surface area contributed by atoms with Crippen molar-refractivity contribution in [2.24, 2.45) is 0 Å². The fourth-order valence-electron chi connectivity index (χ4n) is 0.531. The van der Waals surface area contributed by atoms with Crippen LogP contribution in [0.25, 0.3) is 0 Å². The molecule has 0 bridgehead atoms. The first kappa shape index (κ1) is 11.7. The third-order valence-electron chi connectivity index (χ3n) is 1.20. The van der Waals surface area contributed by atoms with Crippen molar-refractivity contribution in [3.05, 3.63) is 0 Å². The molecule has 0 aliphatic rings. The average molecular weight is 232 g/mol. The Labute approximate surface area is 80.4 Å². The minimum absolute atomic E-state index is 0.335. The van der Waals surface area contributed by atoms with E-state index in [0.29, 0.717) is 0 Å². The predicted octanol–water partition coefficient (Wildman–Crippen LogP) is -2.62. The van der Waals surface area contributed by atoms with Gasteiger partial charge in [-0.05, 0) is 0 Å². The van der Waals surface area contributed by atoms with Crippen molar-refractivity contribution >= 4 is 14.1 Å². The van der Waals surface area contributed by atoms with Crippen LogP contribution in [0.2, 0.25) is 0 Å². The summed E-state index contributed by atoms with van der Waals surface area (Å²) in [7, 11) is -4.82. The molecule has 0 fully saturated rings. The van der Waals surface area contributed by atoms with Crippen LogP contribution in [-0.2, 0) is 13.9 Å². The van der Waals surface area contributed by atoms with Crippen LogP contribution in [0.1, 0.15) is 1.37 Å². The number of hydrogen-bond acceptors (Lipinski definition) is 6. The molecular weight excluding hydrogens is 219 g/mol. The lowest BCUT2D eigenvalue weighted by molar-refractivity contribution is -0.127. The van der Waals surface area contributed by atoms with Gasteiger partial charge in [0.1, 0.15) is 18.3 Å². The van der Waals surface area contributed by atoms with Crippen molar-refractivity contribution in [2.45, 2.75) is 18.3 Å². The number of aldehydes is 1. The van der Waals surface area contributed by atoms with Crippen LogP contribution in [0.5, 0.6) is 0 Å². The molecule has 0 radical (unpaired) electrons. The molecule has 0 heterocycles. The van der Waals surface area contributed by atoms with Gasteiger partial charge < -0.3 is 29.9 Å². The van der Waals surface area contributed by atoms with E-state index in [9.17, 15) is 9.36 Å². The molecule has 8 nitrogen and oxygen atoms in total. The second-order valence-corrected chi connectivity index (χ2v) is 3.58. The summed E-state index contributed by atoms with van der Waals surface area (Å²) in [6.45, 7) is -1.03. The van der Waals surface area contributed by atoms with E-state index in [2.05, 4.69) is 4.52 Å². The summed E-state index contributed by atoms with van der Waals surface area (Å²) in [5.41, 5.74) is 0. The fourth-order valence-corrected chi connectivity index (χ4v) is 0.878. The summed E-state index contributed by atoms with van der Waals surface area (Å²) in [6.07, 6.45) is -7.51. The Morgan fingerprint density at radius 1 is 1.43 bits per heavy atom. The van der Waals surface area contributed by atoms with Crippen molar-refractivity contribution in [1.29, 1.82) is 0 Å². The van der Waals surface area contributed by atoms with Gasteiger partial charge in [-0.25, -0.2) is 4.57 Å². The Morgan fingerprint density at radius 2 is 1.93 bits per heavy atom. The van der Waals surface area contributed by atoms with Gasteiger partial charge in [0, 0.05) is 0 Å². The minimum atomic E-state index is -4.82. The molecule has 84 valence electrons. The smallest absolute Gasteiger partial charge is 0.388 e. The summed E-state index contributed by atoms with van der Waals surface area (Å²) in [6, 6.07) is 0. The van der Waals surface area contributed by atoms with Gasteiger partial charge in [-0.1, -0.05) is 0 Å². The van der Waals surface area contributed by atoms with Crippen LogP contribution in [-0.4, -0.2) is 56.3 Å². The molecule has 0 aliphatic carbocycles. The molecule has 0 spiro atoms. The summed E-state index contributed by atoms with van der Waals surface area (Å²) < 4.78 is 20.7. The van der Waals surface area contributed by atoms with Crippen LogP contribution in [0.4, 0.5) is 0 Å². The predicted molar refractivity (Wildman–Crippen MR) is 42.1 cm³/mol. The van der Waals surface area contributed by atoms with Crippen LogP contribution < -0.4 is 0 Å². The molecule has 0 saturated heterocycles. The molecule has 3 atom stereocenters. The van der Waals surface area contributed by atoms with Gasteiger partial charge in [-0.15, -0.1) is 0 Å². The van der Waals surface area contributed by atoms with Crippen molar-refractivity contribution in [3.63, 3.8) is 0 Å². The van der Waals surface area contributed by atoms with Gasteiger partial charge in [-0.3, -0.25) is 4.52 Å². The Balaban J connectivity index is 4.28. The molecule has 9 heteroatoms. The zero-order valence-electron chi connectivity index (χ0n) is 7.85. The van der Waals surface area contributed by atoms with Crippen molar-refractivity contribution < 1.29 is 40.4 Å². The minimum Gasteiger partial charge on any atom is -0.388 e. The second-order valence-electron chi connectivity index (χ2n) is 2.34. The topological polar surface area (TPSA) is 145 Å². The molecule has 0 saturated carbocycles. The van der Waals surface area contributed by atoms with Gasteiger partial charge in [0.15, 0.2) is 6.29 Å². The first-order valence-electron chi connectivity index (χ1n) is 3.85. The highest BCUT2D eigenvalue weighted by Gasteiger charge is 2.27. The number of phosphoric acid groups is 1. The monoisotopic (exact) mass is 232 g/mol. The van der Waals surface area contributed by atoms with Crippen LogP contribution >= 0.6 is 7.82 Å². The largest absolute Gasteiger partial charge is 0.469 e. The highest BCUT2D eigenvalue weighted by atomic mass is 31.2. The van der Waals surface area contributed by atoms with Crippen LogP contribution in [0.15, 0.2) is 0 Å². The summed E-state index contributed by atoms with van der Waals surface area (Å²) in [5.74, 6) is 0. The van der Waals surface area contributed by atoms with Crippen molar-refractivity contribution in [1.82, 2.24) is 0 Å². The summed E-state index contributed by atoms with van der Waals surface area (Å²) in [5, 5.41) is 26.8. The van der Waals surface area contributed by atoms with E-state index in [1.165, 1.54) is 0 Å². The van der Waals surface area contributed by atoms with E-state index in [0.717, 1.165) is 0 Å². The summed E-state index contributed by atoms with van der Waals surface area (Å²) in [4.78, 5) is 26.5. The van der Waals surface area contributed by atoms with Crippen molar-refractivity contribution in [2.75, 3.05) is 6.61 Å². The number of phosphoric ester groups is 1. The van der Waals surface area contributed by atoms with Crippen LogP contribution in [0.3, 0.4) is 0 Å². The number of carbonyl (C=O) groups excluding carboxylic acids is 1. The highest BCUT2D eigenvalue weighted by molar-refractivity contribution is 7.46. The van der Waals surface area contributed by atoms with E-state index in [4.69, 9.17) is 26.5 Å². The lowest BCUT2D eigenvalue weighted by Crippen LogP contribution is -2.40. The Bertz CT molecular complexity index is 262. The van der Waals surface area contributed by atoms with E-state index in [1.54, 1.807) is 0 Å². The number of aliphatic hydroxyl groups excluding tert-OH is 2. The number of aliphatic hydroxyl groups is 3. The Hall–Kier alpha value is -0.340. The maximum absolute atomic E-state index is 10.2. The first-order valence-corrected chi connectivity index (χ1v) is 4.88. The molecule has 0 rings (SSSR count). The van der Waals surface area contributed by atoms with Gasteiger partial charge >= 0.3 is 7.82 Å². The van der Waals surface area contributed by atoms with E-state index < -0.39 is 32.7 Å². The zero-order chi connectivity index (χ0) is 12.3. The van der Waals surface area contributed by atoms with E-state index in [-0.39, 0.29) is 6.29 Å². The van der Waals surface area contributed by atoms with E-state index >= 15 is 0 Å².